The van der Waals surface area contributed by atoms with Crippen LogP contribution in [0.4, 0.5) is 0 Å². The Labute approximate surface area is 130 Å². The van der Waals surface area contributed by atoms with Gasteiger partial charge in [-0.15, -0.1) is 0 Å². The van der Waals surface area contributed by atoms with Crippen LogP contribution in [0, 0.1) is 0 Å². The molecular formula is C20H18O2. The molecule has 0 aromatic heterocycles. The third kappa shape index (κ3) is 2.28. The van der Waals surface area contributed by atoms with Crippen molar-refractivity contribution >= 4 is 0 Å². The molecule has 0 amide bonds. The number of benzene rings is 3. The summed E-state index contributed by atoms with van der Waals surface area (Å²) < 4.78 is 6.02. The summed E-state index contributed by atoms with van der Waals surface area (Å²) in [5.41, 5.74) is 1.85. The standard InChI is InChI=1S/C20H18O2/c1-22-20(16-10-4-2-5-11-16,17-12-6-3-7-13-17)18-14-8-9-15-19(18)21/h2-15,21H,1H3. The van der Waals surface area contributed by atoms with Crippen molar-refractivity contribution in [2.75, 3.05) is 7.11 Å². The Bertz CT molecular complexity index is 696. The molecule has 0 aliphatic carbocycles. The van der Waals surface area contributed by atoms with Crippen molar-refractivity contribution in [3.63, 3.8) is 0 Å². The summed E-state index contributed by atoms with van der Waals surface area (Å²) in [7, 11) is 1.67. The van der Waals surface area contributed by atoms with E-state index < -0.39 is 5.60 Å². The zero-order valence-corrected chi connectivity index (χ0v) is 12.4. The van der Waals surface area contributed by atoms with Gasteiger partial charge in [0.2, 0.25) is 0 Å². The molecule has 110 valence electrons. The molecule has 3 aromatic carbocycles. The molecule has 0 saturated carbocycles. The summed E-state index contributed by atoms with van der Waals surface area (Å²) in [5, 5.41) is 10.4. The Morgan fingerprint density at radius 3 is 1.59 bits per heavy atom. The van der Waals surface area contributed by atoms with Gasteiger partial charge in [-0.25, -0.2) is 0 Å². The topological polar surface area (TPSA) is 29.5 Å². The quantitative estimate of drug-likeness (QED) is 0.725. The lowest BCUT2D eigenvalue weighted by molar-refractivity contribution is 0.0564. The lowest BCUT2D eigenvalue weighted by Gasteiger charge is -2.34. The maximum Gasteiger partial charge on any atom is 0.146 e. The first-order chi connectivity index (χ1) is 10.8. The van der Waals surface area contributed by atoms with E-state index in [1.807, 2.05) is 78.9 Å². The first kappa shape index (κ1) is 14.4. The third-order valence-corrected chi connectivity index (χ3v) is 3.95. The molecule has 0 aliphatic rings. The minimum absolute atomic E-state index is 0.219. The van der Waals surface area contributed by atoms with Gasteiger partial charge in [-0.2, -0.15) is 0 Å². The van der Waals surface area contributed by atoms with Gasteiger partial charge in [0.05, 0.1) is 0 Å². The maximum absolute atomic E-state index is 10.4. The Balaban J connectivity index is 2.34. The van der Waals surface area contributed by atoms with Crippen LogP contribution < -0.4 is 0 Å². The Kier molecular flexibility index (Phi) is 3.94. The van der Waals surface area contributed by atoms with Crippen molar-refractivity contribution in [2.24, 2.45) is 0 Å². The molecule has 0 saturated heterocycles. The summed E-state index contributed by atoms with van der Waals surface area (Å²) >= 11 is 0. The maximum atomic E-state index is 10.4. The smallest absolute Gasteiger partial charge is 0.146 e. The second-order valence-electron chi connectivity index (χ2n) is 5.13. The van der Waals surface area contributed by atoms with Gasteiger partial charge in [0.1, 0.15) is 11.4 Å². The fourth-order valence-electron chi connectivity index (χ4n) is 2.94. The van der Waals surface area contributed by atoms with Gasteiger partial charge in [0, 0.05) is 12.7 Å². The number of rotatable bonds is 4. The van der Waals surface area contributed by atoms with E-state index >= 15 is 0 Å². The van der Waals surface area contributed by atoms with Gasteiger partial charge >= 0.3 is 0 Å². The summed E-state index contributed by atoms with van der Waals surface area (Å²) in [6.07, 6.45) is 0. The molecule has 0 atom stereocenters. The Hall–Kier alpha value is -2.58. The molecule has 0 fully saturated rings. The highest BCUT2D eigenvalue weighted by atomic mass is 16.5. The summed E-state index contributed by atoms with van der Waals surface area (Å²) in [6, 6.07) is 27.2. The van der Waals surface area contributed by atoms with Crippen LogP contribution in [0.15, 0.2) is 84.9 Å². The number of methoxy groups -OCH3 is 1. The SMILES string of the molecule is COC(c1ccccc1)(c1ccccc1)c1ccccc1O. The number of hydrogen-bond donors (Lipinski definition) is 1. The molecule has 0 heterocycles. The first-order valence-corrected chi connectivity index (χ1v) is 7.23. The van der Waals surface area contributed by atoms with Crippen LogP contribution in [0.2, 0.25) is 0 Å². The molecule has 1 N–H and O–H groups in total. The fraction of sp³-hybridized carbons (Fsp3) is 0.100. The minimum atomic E-state index is -0.839. The van der Waals surface area contributed by atoms with Crippen LogP contribution in [0.5, 0.6) is 5.75 Å². The van der Waals surface area contributed by atoms with E-state index in [9.17, 15) is 5.11 Å². The van der Waals surface area contributed by atoms with E-state index in [1.165, 1.54) is 0 Å². The second-order valence-corrected chi connectivity index (χ2v) is 5.13. The van der Waals surface area contributed by atoms with Crippen molar-refractivity contribution in [3.8, 4) is 5.75 Å². The highest BCUT2D eigenvalue weighted by Crippen LogP contribution is 2.43. The van der Waals surface area contributed by atoms with E-state index in [4.69, 9.17) is 4.74 Å². The first-order valence-electron chi connectivity index (χ1n) is 7.23. The average molecular weight is 290 g/mol. The average Bonchev–Trinajstić information content (AvgIpc) is 2.59. The zero-order chi connectivity index (χ0) is 15.4. The van der Waals surface area contributed by atoms with Crippen LogP contribution in [-0.4, -0.2) is 12.2 Å². The van der Waals surface area contributed by atoms with E-state index in [0.29, 0.717) is 0 Å². The molecule has 0 aliphatic heterocycles. The monoisotopic (exact) mass is 290 g/mol. The van der Waals surface area contributed by atoms with E-state index in [1.54, 1.807) is 13.2 Å². The van der Waals surface area contributed by atoms with Gasteiger partial charge in [-0.05, 0) is 17.2 Å². The van der Waals surface area contributed by atoms with Crippen molar-refractivity contribution < 1.29 is 9.84 Å². The molecule has 0 unspecified atom stereocenters. The summed E-state index contributed by atoms with van der Waals surface area (Å²) in [6.45, 7) is 0. The highest BCUT2D eigenvalue weighted by Gasteiger charge is 2.38. The van der Waals surface area contributed by atoms with Crippen LogP contribution >= 0.6 is 0 Å². The fourth-order valence-corrected chi connectivity index (χ4v) is 2.94. The lowest BCUT2D eigenvalue weighted by atomic mass is 9.79. The third-order valence-electron chi connectivity index (χ3n) is 3.95. The molecule has 0 radical (unpaired) electrons. The second kappa shape index (κ2) is 6.04. The van der Waals surface area contributed by atoms with Crippen molar-refractivity contribution in [1.29, 1.82) is 0 Å². The number of aromatic hydroxyl groups is 1. The molecule has 3 rings (SSSR count). The summed E-state index contributed by atoms with van der Waals surface area (Å²) in [5.74, 6) is 0.219. The van der Waals surface area contributed by atoms with Gasteiger partial charge in [-0.3, -0.25) is 0 Å². The van der Waals surface area contributed by atoms with Crippen LogP contribution in [0.25, 0.3) is 0 Å². The van der Waals surface area contributed by atoms with Gasteiger partial charge in [0.15, 0.2) is 0 Å². The van der Waals surface area contributed by atoms with E-state index in [-0.39, 0.29) is 5.75 Å². The summed E-state index contributed by atoms with van der Waals surface area (Å²) in [4.78, 5) is 0. The number of phenolic OH excluding ortho intramolecular Hbond substituents is 1. The number of phenols is 1. The largest absolute Gasteiger partial charge is 0.508 e. The van der Waals surface area contributed by atoms with E-state index in [0.717, 1.165) is 16.7 Å². The van der Waals surface area contributed by atoms with Crippen LogP contribution in [0.1, 0.15) is 16.7 Å². The highest BCUT2D eigenvalue weighted by molar-refractivity contribution is 5.52. The predicted molar refractivity (Wildman–Crippen MR) is 87.9 cm³/mol. The van der Waals surface area contributed by atoms with Crippen LogP contribution in [-0.2, 0) is 10.3 Å². The number of para-hydroxylation sites is 1. The predicted octanol–water partition coefficient (Wildman–Crippen LogP) is 4.33. The Morgan fingerprint density at radius 2 is 1.14 bits per heavy atom. The molecule has 0 spiro atoms. The van der Waals surface area contributed by atoms with Crippen molar-refractivity contribution in [1.82, 2.24) is 0 Å². The number of hydrogen-bond acceptors (Lipinski definition) is 2. The molecule has 2 heteroatoms. The molecule has 22 heavy (non-hydrogen) atoms. The zero-order valence-electron chi connectivity index (χ0n) is 12.4. The minimum Gasteiger partial charge on any atom is -0.508 e. The molecule has 2 nitrogen and oxygen atoms in total. The van der Waals surface area contributed by atoms with Gasteiger partial charge in [-0.1, -0.05) is 78.9 Å². The Morgan fingerprint density at radius 1 is 0.682 bits per heavy atom. The van der Waals surface area contributed by atoms with Crippen molar-refractivity contribution in [3.05, 3.63) is 102 Å². The van der Waals surface area contributed by atoms with Crippen LogP contribution in [0.3, 0.4) is 0 Å². The lowest BCUT2D eigenvalue weighted by Crippen LogP contribution is -2.31. The van der Waals surface area contributed by atoms with Gasteiger partial charge < -0.3 is 9.84 Å². The van der Waals surface area contributed by atoms with Gasteiger partial charge in [0.25, 0.3) is 0 Å². The molecule has 0 bridgehead atoms. The molecule has 3 aromatic rings. The number of ether oxygens (including phenoxy) is 1. The van der Waals surface area contributed by atoms with Crippen molar-refractivity contribution in [2.45, 2.75) is 5.60 Å². The molecular weight excluding hydrogens is 272 g/mol. The normalized spacial score (nSPS) is 11.3. The van der Waals surface area contributed by atoms with E-state index in [2.05, 4.69) is 0 Å².